The first-order chi connectivity index (χ1) is 9.33. The van der Waals surface area contributed by atoms with Crippen molar-refractivity contribution >= 4 is 17.0 Å². The molecule has 1 aromatic heterocycles. The normalized spacial score (nSPS) is 10.8. The molecule has 2 aromatic rings. The fourth-order valence-electron chi connectivity index (χ4n) is 2.38. The van der Waals surface area contributed by atoms with Gasteiger partial charge >= 0.3 is 0 Å². The van der Waals surface area contributed by atoms with Gasteiger partial charge in [0.05, 0.1) is 5.52 Å². The zero-order chi connectivity index (χ0) is 13.7. The van der Waals surface area contributed by atoms with Crippen molar-refractivity contribution in [3.63, 3.8) is 0 Å². The summed E-state index contributed by atoms with van der Waals surface area (Å²) in [4.78, 5) is 0. The minimum atomic E-state index is 0.531. The molecule has 0 unspecified atom stereocenters. The first-order valence-electron chi connectivity index (χ1n) is 6.36. The van der Waals surface area contributed by atoms with E-state index in [1.54, 1.807) is 7.11 Å². The van der Waals surface area contributed by atoms with E-state index in [4.69, 9.17) is 4.74 Å². The number of rotatable bonds is 7. The summed E-state index contributed by atoms with van der Waals surface area (Å²) in [6, 6.07) is 8.35. The molecule has 0 saturated heterocycles. The first-order valence-corrected chi connectivity index (χ1v) is 6.36. The van der Waals surface area contributed by atoms with E-state index < -0.39 is 0 Å². The number of fused-ring (bicyclic) bond motifs is 1. The molecule has 0 atom stereocenters. The Morgan fingerprint density at radius 2 is 2.11 bits per heavy atom. The zero-order valence-corrected chi connectivity index (χ0v) is 11.4. The summed E-state index contributed by atoms with van der Waals surface area (Å²) < 4.78 is 7.44. The van der Waals surface area contributed by atoms with Crippen molar-refractivity contribution in [2.75, 3.05) is 13.7 Å². The van der Waals surface area contributed by atoms with Crippen molar-refractivity contribution in [3.8, 4) is 0 Å². The molecular formula is C16H20N2O. The van der Waals surface area contributed by atoms with E-state index in [0.29, 0.717) is 6.73 Å². The number of para-hydroxylation sites is 1. The lowest BCUT2D eigenvalue weighted by Gasteiger charge is -2.07. The van der Waals surface area contributed by atoms with Gasteiger partial charge in [-0.3, -0.25) is 0 Å². The van der Waals surface area contributed by atoms with Gasteiger partial charge in [0.2, 0.25) is 0 Å². The molecule has 3 heteroatoms. The van der Waals surface area contributed by atoms with Crippen LogP contribution < -0.4 is 5.32 Å². The molecule has 19 heavy (non-hydrogen) atoms. The third-order valence-electron chi connectivity index (χ3n) is 3.16. The summed E-state index contributed by atoms with van der Waals surface area (Å²) in [5, 5.41) is 4.60. The molecule has 1 heterocycles. The highest BCUT2D eigenvalue weighted by Crippen LogP contribution is 2.27. The summed E-state index contributed by atoms with van der Waals surface area (Å²) >= 11 is 0. The molecule has 1 N–H and O–H groups in total. The Kier molecular flexibility index (Phi) is 4.55. The van der Waals surface area contributed by atoms with Crippen molar-refractivity contribution in [3.05, 3.63) is 54.8 Å². The van der Waals surface area contributed by atoms with Crippen molar-refractivity contribution in [1.82, 2.24) is 9.88 Å². The number of methoxy groups -OCH3 is 1. The fraction of sp³-hybridized carbons (Fsp3) is 0.250. The summed E-state index contributed by atoms with van der Waals surface area (Å²) in [5.74, 6) is 0. The summed E-state index contributed by atoms with van der Waals surface area (Å²) in [5.41, 5.74) is 3.54. The van der Waals surface area contributed by atoms with E-state index in [-0.39, 0.29) is 0 Å². The molecule has 0 saturated carbocycles. The molecule has 1 aromatic carbocycles. The van der Waals surface area contributed by atoms with E-state index in [1.807, 2.05) is 18.2 Å². The summed E-state index contributed by atoms with van der Waals surface area (Å²) in [7, 11) is 1.71. The molecule has 0 aliphatic carbocycles. The number of ether oxygens (including phenoxy) is 1. The first kappa shape index (κ1) is 13.6. The van der Waals surface area contributed by atoms with Gasteiger partial charge in [-0.1, -0.05) is 30.9 Å². The molecular weight excluding hydrogens is 236 g/mol. The molecule has 3 nitrogen and oxygen atoms in total. The SMILES string of the molecule is C=CCNCc1c(C=C)n(COC)c2ccccc12. The van der Waals surface area contributed by atoms with Crippen LogP contribution in [-0.4, -0.2) is 18.2 Å². The van der Waals surface area contributed by atoms with Crippen LogP contribution in [0.5, 0.6) is 0 Å². The van der Waals surface area contributed by atoms with E-state index >= 15 is 0 Å². The second-order valence-corrected chi connectivity index (χ2v) is 4.35. The van der Waals surface area contributed by atoms with E-state index in [1.165, 1.54) is 16.5 Å². The Morgan fingerprint density at radius 1 is 1.32 bits per heavy atom. The molecule has 0 radical (unpaired) electrons. The maximum absolute atomic E-state index is 5.30. The van der Waals surface area contributed by atoms with Crippen LogP contribution in [0.2, 0.25) is 0 Å². The van der Waals surface area contributed by atoms with Gasteiger partial charge in [0.15, 0.2) is 0 Å². The van der Waals surface area contributed by atoms with E-state index in [0.717, 1.165) is 18.8 Å². The number of hydrogen-bond acceptors (Lipinski definition) is 2. The van der Waals surface area contributed by atoms with Gasteiger partial charge in [0.1, 0.15) is 6.73 Å². The van der Waals surface area contributed by atoms with Crippen LogP contribution in [-0.2, 0) is 18.0 Å². The van der Waals surface area contributed by atoms with Crippen LogP contribution in [0.15, 0.2) is 43.5 Å². The number of nitrogens with zero attached hydrogens (tertiary/aromatic N) is 1. The Bertz CT molecular complexity index is 584. The summed E-state index contributed by atoms with van der Waals surface area (Å²) in [6.07, 6.45) is 3.76. The van der Waals surface area contributed by atoms with Crippen molar-refractivity contribution in [2.45, 2.75) is 13.3 Å². The Hall–Kier alpha value is -1.84. The van der Waals surface area contributed by atoms with Gasteiger partial charge in [-0.2, -0.15) is 0 Å². The van der Waals surface area contributed by atoms with Gasteiger partial charge < -0.3 is 14.6 Å². The van der Waals surface area contributed by atoms with Crippen LogP contribution in [0.3, 0.4) is 0 Å². The number of nitrogens with one attached hydrogen (secondary N) is 1. The molecule has 0 bridgehead atoms. The number of hydrogen-bond donors (Lipinski definition) is 1. The standard InChI is InChI=1S/C16H20N2O/c1-4-10-17-11-14-13-8-6-7-9-16(13)18(12-19-3)15(14)5-2/h4-9,17H,1-2,10-12H2,3H3. The third kappa shape index (κ3) is 2.62. The van der Waals surface area contributed by atoms with Gasteiger partial charge in [0, 0.05) is 31.3 Å². The van der Waals surface area contributed by atoms with Crippen LogP contribution in [0, 0.1) is 0 Å². The molecule has 0 aliphatic rings. The van der Waals surface area contributed by atoms with Crippen molar-refractivity contribution < 1.29 is 4.74 Å². The zero-order valence-electron chi connectivity index (χ0n) is 11.4. The lowest BCUT2D eigenvalue weighted by atomic mass is 10.1. The average molecular weight is 256 g/mol. The van der Waals surface area contributed by atoms with Gasteiger partial charge in [0.25, 0.3) is 0 Å². The fourth-order valence-corrected chi connectivity index (χ4v) is 2.38. The highest BCUT2D eigenvalue weighted by molar-refractivity contribution is 5.88. The average Bonchev–Trinajstić information content (AvgIpc) is 2.74. The highest BCUT2D eigenvalue weighted by atomic mass is 16.5. The summed E-state index contributed by atoms with van der Waals surface area (Å²) in [6.45, 7) is 9.78. The van der Waals surface area contributed by atoms with Crippen LogP contribution >= 0.6 is 0 Å². The predicted molar refractivity (Wildman–Crippen MR) is 80.9 cm³/mol. The smallest absolute Gasteiger partial charge is 0.123 e. The monoisotopic (exact) mass is 256 g/mol. The van der Waals surface area contributed by atoms with E-state index in [2.05, 4.69) is 41.2 Å². The predicted octanol–water partition coefficient (Wildman–Crippen LogP) is 3.16. The second kappa shape index (κ2) is 6.36. The van der Waals surface area contributed by atoms with Crippen LogP contribution in [0.4, 0.5) is 0 Å². The Balaban J connectivity index is 2.52. The van der Waals surface area contributed by atoms with Crippen LogP contribution in [0.1, 0.15) is 11.3 Å². The minimum absolute atomic E-state index is 0.531. The third-order valence-corrected chi connectivity index (χ3v) is 3.16. The lowest BCUT2D eigenvalue weighted by molar-refractivity contribution is 0.134. The largest absolute Gasteiger partial charge is 0.364 e. The van der Waals surface area contributed by atoms with Gasteiger partial charge in [-0.05, 0) is 17.7 Å². The maximum Gasteiger partial charge on any atom is 0.123 e. The van der Waals surface area contributed by atoms with Crippen LogP contribution in [0.25, 0.3) is 17.0 Å². The molecule has 2 rings (SSSR count). The minimum Gasteiger partial charge on any atom is -0.364 e. The quantitative estimate of drug-likeness (QED) is 0.608. The Morgan fingerprint density at radius 3 is 2.79 bits per heavy atom. The lowest BCUT2D eigenvalue weighted by Crippen LogP contribution is -2.13. The number of benzene rings is 1. The Labute approximate surface area is 114 Å². The molecule has 100 valence electrons. The van der Waals surface area contributed by atoms with Gasteiger partial charge in [-0.25, -0.2) is 0 Å². The topological polar surface area (TPSA) is 26.2 Å². The molecule has 0 amide bonds. The van der Waals surface area contributed by atoms with Gasteiger partial charge in [-0.15, -0.1) is 6.58 Å². The van der Waals surface area contributed by atoms with Crippen molar-refractivity contribution in [1.29, 1.82) is 0 Å². The second-order valence-electron chi connectivity index (χ2n) is 4.35. The maximum atomic E-state index is 5.30. The molecule has 0 spiro atoms. The molecule has 0 fully saturated rings. The highest BCUT2D eigenvalue weighted by Gasteiger charge is 2.13. The van der Waals surface area contributed by atoms with E-state index in [9.17, 15) is 0 Å². The molecule has 0 aliphatic heterocycles. The van der Waals surface area contributed by atoms with Crippen molar-refractivity contribution in [2.24, 2.45) is 0 Å². The number of aromatic nitrogens is 1.